The van der Waals surface area contributed by atoms with Crippen molar-refractivity contribution in [2.45, 2.75) is 27.2 Å². The Morgan fingerprint density at radius 3 is 2.50 bits per heavy atom. The van der Waals surface area contributed by atoms with E-state index in [-0.39, 0.29) is 11.0 Å². The molecular weight excluding hydrogens is 412 g/mol. The minimum Gasteiger partial charge on any atom is -0.494 e. The van der Waals surface area contributed by atoms with Crippen molar-refractivity contribution in [1.29, 1.82) is 0 Å². The van der Waals surface area contributed by atoms with Gasteiger partial charge in [-0.05, 0) is 73.4 Å². The minimum atomic E-state index is -0.253. The molecule has 2 rings (SSSR count). The van der Waals surface area contributed by atoms with Crippen LogP contribution in [0.25, 0.3) is 0 Å². The second-order valence-electron chi connectivity index (χ2n) is 6.43. The average molecular weight is 435 g/mol. The van der Waals surface area contributed by atoms with Crippen LogP contribution in [0.15, 0.2) is 46.9 Å². The number of hydrogen-bond acceptors (Lipinski definition) is 3. The summed E-state index contributed by atoms with van der Waals surface area (Å²) in [7, 11) is 0. The second kappa shape index (κ2) is 9.69. The summed E-state index contributed by atoms with van der Waals surface area (Å²) >= 11 is 8.64. The molecule has 0 heterocycles. The van der Waals surface area contributed by atoms with Crippen LogP contribution >= 0.6 is 28.1 Å². The van der Waals surface area contributed by atoms with Gasteiger partial charge in [-0.15, -0.1) is 0 Å². The zero-order valence-electron chi connectivity index (χ0n) is 15.1. The van der Waals surface area contributed by atoms with E-state index >= 15 is 0 Å². The highest BCUT2D eigenvalue weighted by Gasteiger charge is 2.09. The second-order valence-corrected chi connectivity index (χ2v) is 7.69. The molecule has 0 unspecified atom stereocenters. The summed E-state index contributed by atoms with van der Waals surface area (Å²) in [5.41, 5.74) is 2.40. The van der Waals surface area contributed by atoms with Gasteiger partial charge in [-0.1, -0.05) is 35.8 Å². The summed E-state index contributed by atoms with van der Waals surface area (Å²) in [4.78, 5) is 12.3. The number of aryl methyl sites for hydroxylation is 1. The van der Waals surface area contributed by atoms with Gasteiger partial charge in [-0.2, -0.15) is 0 Å². The first-order valence-corrected chi connectivity index (χ1v) is 9.66. The van der Waals surface area contributed by atoms with Crippen molar-refractivity contribution in [2.75, 3.05) is 11.9 Å². The lowest BCUT2D eigenvalue weighted by Crippen LogP contribution is -2.34. The third-order valence-corrected chi connectivity index (χ3v) is 4.80. The molecule has 2 N–H and O–H groups in total. The Morgan fingerprint density at radius 1 is 1.19 bits per heavy atom. The van der Waals surface area contributed by atoms with Crippen LogP contribution in [0, 0.1) is 12.8 Å². The number of carbonyl (C=O) groups excluding carboxylic acids is 1. The monoisotopic (exact) mass is 434 g/mol. The third-order valence-electron chi connectivity index (χ3n) is 3.74. The van der Waals surface area contributed by atoms with E-state index < -0.39 is 0 Å². The van der Waals surface area contributed by atoms with Crippen LogP contribution in [0.2, 0.25) is 0 Å². The lowest BCUT2D eigenvalue weighted by Gasteiger charge is -2.11. The van der Waals surface area contributed by atoms with Gasteiger partial charge < -0.3 is 10.1 Å². The molecule has 0 aliphatic carbocycles. The maximum atomic E-state index is 12.3. The fourth-order valence-electron chi connectivity index (χ4n) is 2.12. The van der Waals surface area contributed by atoms with E-state index in [4.69, 9.17) is 17.0 Å². The standard InChI is InChI=1S/C20H23BrN2O2S/c1-13(2)10-11-25-17-8-6-16(7-9-17)22-20(26)23-19(24)15-5-4-14(3)18(21)12-15/h4-9,12-13H,10-11H2,1-3H3,(H2,22,23,24,26). The van der Waals surface area contributed by atoms with Crippen molar-refractivity contribution in [3.8, 4) is 5.75 Å². The molecule has 1 amide bonds. The van der Waals surface area contributed by atoms with Gasteiger partial charge in [0.25, 0.3) is 5.91 Å². The number of rotatable bonds is 6. The number of thiocarbonyl (C=S) groups is 1. The van der Waals surface area contributed by atoms with Gasteiger partial charge in [0, 0.05) is 15.7 Å². The Morgan fingerprint density at radius 2 is 1.88 bits per heavy atom. The summed E-state index contributed by atoms with van der Waals surface area (Å²) in [6.07, 6.45) is 1.02. The van der Waals surface area contributed by atoms with E-state index in [1.165, 1.54) is 0 Å². The molecule has 0 radical (unpaired) electrons. The number of hydrogen-bond donors (Lipinski definition) is 2. The molecule has 4 nitrogen and oxygen atoms in total. The van der Waals surface area contributed by atoms with Crippen molar-refractivity contribution in [2.24, 2.45) is 5.92 Å². The molecule has 138 valence electrons. The predicted octanol–water partition coefficient (Wildman–Crippen LogP) is 5.31. The number of ether oxygens (including phenoxy) is 1. The van der Waals surface area contributed by atoms with Crippen molar-refractivity contribution in [3.63, 3.8) is 0 Å². The zero-order chi connectivity index (χ0) is 19.1. The van der Waals surface area contributed by atoms with Crippen LogP contribution in [0.4, 0.5) is 5.69 Å². The molecule has 0 aliphatic rings. The SMILES string of the molecule is Cc1ccc(C(=O)NC(=S)Nc2ccc(OCCC(C)C)cc2)cc1Br. The maximum Gasteiger partial charge on any atom is 0.257 e. The fourth-order valence-corrected chi connectivity index (χ4v) is 2.71. The van der Waals surface area contributed by atoms with Gasteiger partial charge in [0.2, 0.25) is 0 Å². The summed E-state index contributed by atoms with van der Waals surface area (Å²) in [6, 6.07) is 12.9. The largest absolute Gasteiger partial charge is 0.494 e. The van der Waals surface area contributed by atoms with Crippen molar-refractivity contribution >= 4 is 44.9 Å². The van der Waals surface area contributed by atoms with Crippen molar-refractivity contribution in [1.82, 2.24) is 5.32 Å². The first kappa shape index (κ1) is 20.4. The number of benzene rings is 2. The molecule has 0 aliphatic heterocycles. The van der Waals surface area contributed by atoms with E-state index in [1.54, 1.807) is 12.1 Å². The van der Waals surface area contributed by atoms with Gasteiger partial charge in [0.1, 0.15) is 5.75 Å². The Hall–Kier alpha value is -1.92. The fraction of sp³-hybridized carbons (Fsp3) is 0.300. The zero-order valence-corrected chi connectivity index (χ0v) is 17.5. The predicted molar refractivity (Wildman–Crippen MR) is 114 cm³/mol. The molecule has 0 spiro atoms. The molecule has 26 heavy (non-hydrogen) atoms. The molecule has 6 heteroatoms. The van der Waals surface area contributed by atoms with E-state index in [2.05, 4.69) is 40.4 Å². The van der Waals surface area contributed by atoms with Crippen LogP contribution in [0.1, 0.15) is 36.2 Å². The topological polar surface area (TPSA) is 50.4 Å². The maximum absolute atomic E-state index is 12.3. The highest BCUT2D eigenvalue weighted by molar-refractivity contribution is 9.10. The molecule has 0 fully saturated rings. The average Bonchev–Trinajstić information content (AvgIpc) is 2.58. The summed E-state index contributed by atoms with van der Waals surface area (Å²) in [6.45, 7) is 7.00. The van der Waals surface area contributed by atoms with E-state index in [0.717, 1.165) is 27.9 Å². The van der Waals surface area contributed by atoms with E-state index in [0.29, 0.717) is 18.1 Å². The van der Waals surface area contributed by atoms with Crippen LogP contribution in [0.5, 0.6) is 5.75 Å². The Labute approximate surface area is 168 Å². The minimum absolute atomic E-state index is 0.250. The Balaban J connectivity index is 1.86. The molecule has 0 saturated heterocycles. The highest BCUT2D eigenvalue weighted by Crippen LogP contribution is 2.18. The number of halogens is 1. The van der Waals surface area contributed by atoms with Crippen molar-refractivity contribution < 1.29 is 9.53 Å². The molecule has 0 aromatic heterocycles. The molecule has 2 aromatic carbocycles. The van der Waals surface area contributed by atoms with Gasteiger partial charge >= 0.3 is 0 Å². The summed E-state index contributed by atoms with van der Waals surface area (Å²) in [5.74, 6) is 1.18. The Kier molecular flexibility index (Phi) is 7.60. The lowest BCUT2D eigenvalue weighted by molar-refractivity contribution is 0.0977. The van der Waals surface area contributed by atoms with Crippen LogP contribution in [-0.2, 0) is 0 Å². The Bertz CT molecular complexity index is 776. The van der Waals surface area contributed by atoms with Gasteiger partial charge in [0.05, 0.1) is 6.61 Å². The quantitative estimate of drug-likeness (QED) is 0.604. The number of amides is 1. The first-order chi connectivity index (χ1) is 12.3. The third kappa shape index (κ3) is 6.42. The molecule has 0 atom stereocenters. The van der Waals surface area contributed by atoms with E-state index in [9.17, 15) is 4.79 Å². The smallest absolute Gasteiger partial charge is 0.257 e. The summed E-state index contributed by atoms with van der Waals surface area (Å²) < 4.78 is 6.57. The summed E-state index contributed by atoms with van der Waals surface area (Å²) in [5, 5.41) is 5.93. The van der Waals surface area contributed by atoms with Crippen LogP contribution in [-0.4, -0.2) is 17.6 Å². The van der Waals surface area contributed by atoms with E-state index in [1.807, 2.05) is 37.3 Å². The molecular formula is C20H23BrN2O2S. The van der Waals surface area contributed by atoms with Crippen molar-refractivity contribution in [3.05, 3.63) is 58.1 Å². The van der Waals surface area contributed by atoms with Gasteiger partial charge in [-0.25, -0.2) is 0 Å². The highest BCUT2D eigenvalue weighted by atomic mass is 79.9. The normalized spacial score (nSPS) is 10.5. The van der Waals surface area contributed by atoms with Gasteiger partial charge in [-0.3, -0.25) is 10.1 Å². The molecule has 0 bridgehead atoms. The van der Waals surface area contributed by atoms with Crippen LogP contribution < -0.4 is 15.4 Å². The molecule has 2 aromatic rings. The lowest BCUT2D eigenvalue weighted by atomic mass is 10.1. The van der Waals surface area contributed by atoms with Gasteiger partial charge in [0.15, 0.2) is 5.11 Å². The number of carbonyl (C=O) groups is 1. The first-order valence-electron chi connectivity index (χ1n) is 8.46. The number of anilines is 1. The van der Waals surface area contributed by atoms with Crippen LogP contribution in [0.3, 0.4) is 0 Å². The molecule has 0 saturated carbocycles. The number of nitrogens with one attached hydrogen (secondary N) is 2.